The quantitative estimate of drug-likeness (QED) is 0.539. The van der Waals surface area contributed by atoms with Gasteiger partial charge in [0.15, 0.2) is 0 Å². The number of amides is 1. The topological polar surface area (TPSA) is 66.3 Å². The van der Waals surface area contributed by atoms with E-state index in [1.54, 1.807) is 0 Å². The summed E-state index contributed by atoms with van der Waals surface area (Å²) in [7, 11) is 2.14. The van der Waals surface area contributed by atoms with Crippen LogP contribution in [0, 0.1) is 6.92 Å². The maximum absolute atomic E-state index is 12.8. The molecule has 0 radical (unpaired) electrons. The monoisotopic (exact) mass is 426 g/mol. The number of anilines is 2. The van der Waals surface area contributed by atoms with E-state index in [0.717, 1.165) is 54.4 Å². The molecule has 1 N–H and O–H groups in total. The molecule has 0 unspecified atom stereocenters. The predicted molar refractivity (Wildman–Crippen MR) is 128 cm³/mol. The maximum Gasteiger partial charge on any atom is 0.256 e. The van der Waals surface area contributed by atoms with Crippen LogP contribution in [0.1, 0.15) is 16.2 Å². The van der Waals surface area contributed by atoms with Crippen molar-refractivity contribution in [2.24, 2.45) is 0 Å². The molecule has 32 heavy (non-hydrogen) atoms. The second-order valence-electron chi connectivity index (χ2n) is 8.18. The molecule has 1 saturated heterocycles. The van der Waals surface area contributed by atoms with E-state index in [1.165, 1.54) is 0 Å². The molecular formula is C25H26N6O. The van der Waals surface area contributed by atoms with Crippen LogP contribution in [0.5, 0.6) is 0 Å². The fraction of sp³-hybridized carbons (Fsp3) is 0.240. The summed E-state index contributed by atoms with van der Waals surface area (Å²) >= 11 is 0. The summed E-state index contributed by atoms with van der Waals surface area (Å²) in [6.07, 6.45) is 1.83. The van der Waals surface area contributed by atoms with Crippen molar-refractivity contribution >= 4 is 28.4 Å². The molecule has 162 valence electrons. The number of hydrogen-bond acceptors (Lipinski definition) is 5. The third-order valence-corrected chi connectivity index (χ3v) is 5.96. The number of likely N-dealkylation sites (N-methyl/N-ethyl adjacent to an activating group) is 1. The number of imidazole rings is 1. The van der Waals surface area contributed by atoms with E-state index in [1.807, 2.05) is 73.8 Å². The van der Waals surface area contributed by atoms with Crippen LogP contribution in [0.3, 0.4) is 0 Å². The molecule has 7 heteroatoms. The Morgan fingerprint density at radius 1 is 0.938 bits per heavy atom. The number of aryl methyl sites for hydroxylation is 1. The van der Waals surface area contributed by atoms with Crippen molar-refractivity contribution in [1.29, 1.82) is 0 Å². The van der Waals surface area contributed by atoms with Crippen molar-refractivity contribution in [3.05, 3.63) is 78.2 Å². The van der Waals surface area contributed by atoms with E-state index in [4.69, 9.17) is 0 Å². The number of rotatable bonds is 4. The molecule has 0 saturated carbocycles. The molecule has 1 aliphatic rings. The number of benzene rings is 2. The first-order chi connectivity index (χ1) is 15.6. The van der Waals surface area contributed by atoms with Crippen molar-refractivity contribution in [2.75, 3.05) is 43.4 Å². The Hall–Kier alpha value is -3.71. The van der Waals surface area contributed by atoms with Gasteiger partial charge in [-0.1, -0.05) is 18.2 Å². The number of carbonyl (C=O) groups excluding carboxylic acids is 1. The van der Waals surface area contributed by atoms with E-state index in [-0.39, 0.29) is 5.91 Å². The van der Waals surface area contributed by atoms with Crippen molar-refractivity contribution in [2.45, 2.75) is 6.92 Å². The van der Waals surface area contributed by atoms with Gasteiger partial charge in [0.2, 0.25) is 0 Å². The Labute approximate surface area is 187 Å². The van der Waals surface area contributed by atoms with Gasteiger partial charge in [-0.25, -0.2) is 9.97 Å². The summed E-state index contributed by atoms with van der Waals surface area (Å²) in [6.45, 7) is 6.03. The second kappa shape index (κ2) is 8.43. The largest absolute Gasteiger partial charge is 0.368 e. The number of para-hydroxylation sites is 1. The molecule has 7 nitrogen and oxygen atoms in total. The molecule has 0 aliphatic carbocycles. The standard InChI is InChI=1S/C25H26N6O/c1-18-27-22-16-19(8-10-23(22)31(18)20-6-4-3-5-7-20)25(32)28-24-11-9-21(17-26-24)30-14-12-29(2)13-15-30/h3-11,16-17H,12-15H2,1-2H3,(H,26,28,32). The van der Waals surface area contributed by atoms with E-state index >= 15 is 0 Å². The Kier molecular flexibility index (Phi) is 5.33. The minimum absolute atomic E-state index is 0.196. The molecule has 3 heterocycles. The van der Waals surface area contributed by atoms with Crippen molar-refractivity contribution in [3.8, 4) is 5.69 Å². The van der Waals surface area contributed by atoms with Gasteiger partial charge in [0.25, 0.3) is 5.91 Å². The number of piperazine rings is 1. The lowest BCUT2D eigenvalue weighted by molar-refractivity contribution is 0.102. The molecule has 1 aliphatic heterocycles. The highest BCUT2D eigenvalue weighted by molar-refractivity contribution is 6.05. The lowest BCUT2D eigenvalue weighted by Crippen LogP contribution is -2.44. The van der Waals surface area contributed by atoms with Crippen molar-refractivity contribution in [1.82, 2.24) is 19.4 Å². The van der Waals surface area contributed by atoms with Crippen LogP contribution in [0.25, 0.3) is 16.7 Å². The summed E-state index contributed by atoms with van der Waals surface area (Å²) in [4.78, 5) is 26.6. The third-order valence-electron chi connectivity index (χ3n) is 5.96. The number of fused-ring (bicyclic) bond motifs is 1. The molecule has 2 aromatic heterocycles. The average Bonchev–Trinajstić information content (AvgIpc) is 3.15. The Morgan fingerprint density at radius 2 is 1.72 bits per heavy atom. The number of nitrogens with one attached hydrogen (secondary N) is 1. The highest BCUT2D eigenvalue weighted by atomic mass is 16.1. The minimum Gasteiger partial charge on any atom is -0.368 e. The third kappa shape index (κ3) is 3.94. The van der Waals surface area contributed by atoms with Gasteiger partial charge >= 0.3 is 0 Å². The van der Waals surface area contributed by atoms with E-state index < -0.39 is 0 Å². The molecule has 1 fully saturated rings. The first kappa shape index (κ1) is 20.2. The zero-order valence-corrected chi connectivity index (χ0v) is 18.3. The normalized spacial score (nSPS) is 14.6. The van der Waals surface area contributed by atoms with Crippen molar-refractivity contribution in [3.63, 3.8) is 0 Å². The summed E-state index contributed by atoms with van der Waals surface area (Å²) in [6, 6.07) is 19.6. The average molecular weight is 427 g/mol. The van der Waals surface area contributed by atoms with Gasteiger partial charge in [0, 0.05) is 37.4 Å². The van der Waals surface area contributed by atoms with Crippen LogP contribution in [-0.4, -0.2) is 58.6 Å². The summed E-state index contributed by atoms with van der Waals surface area (Å²) in [5, 5.41) is 2.90. The summed E-state index contributed by atoms with van der Waals surface area (Å²) < 4.78 is 2.09. The summed E-state index contributed by atoms with van der Waals surface area (Å²) in [5.74, 6) is 1.22. The SMILES string of the molecule is Cc1nc2cc(C(=O)Nc3ccc(N4CCN(C)CC4)cn3)ccc2n1-c1ccccc1. The smallest absolute Gasteiger partial charge is 0.256 e. The van der Waals surface area contributed by atoms with Gasteiger partial charge in [-0.15, -0.1) is 0 Å². The lowest BCUT2D eigenvalue weighted by atomic mass is 10.2. The second-order valence-corrected chi connectivity index (χ2v) is 8.18. The summed E-state index contributed by atoms with van der Waals surface area (Å²) in [5.41, 5.74) is 4.45. The number of carbonyl (C=O) groups is 1. The zero-order valence-electron chi connectivity index (χ0n) is 18.3. The molecule has 0 spiro atoms. The zero-order chi connectivity index (χ0) is 22.1. The van der Waals surface area contributed by atoms with Gasteiger partial charge in [-0.2, -0.15) is 0 Å². The van der Waals surface area contributed by atoms with Crippen LogP contribution in [0.15, 0.2) is 66.9 Å². The van der Waals surface area contributed by atoms with Gasteiger partial charge in [-0.3, -0.25) is 9.36 Å². The van der Waals surface area contributed by atoms with Gasteiger partial charge in [0.05, 0.1) is 22.9 Å². The Bertz CT molecular complexity index is 1240. The van der Waals surface area contributed by atoms with Crippen LogP contribution >= 0.6 is 0 Å². The fourth-order valence-corrected chi connectivity index (χ4v) is 4.15. The van der Waals surface area contributed by atoms with E-state index in [9.17, 15) is 4.79 Å². The predicted octanol–water partition coefficient (Wildman–Crippen LogP) is 3.73. The molecular weight excluding hydrogens is 400 g/mol. The maximum atomic E-state index is 12.8. The highest BCUT2D eigenvalue weighted by Crippen LogP contribution is 2.23. The van der Waals surface area contributed by atoms with Gasteiger partial charge in [-0.05, 0) is 56.4 Å². The molecule has 5 rings (SSSR count). The van der Waals surface area contributed by atoms with Crippen LogP contribution in [0.2, 0.25) is 0 Å². The Morgan fingerprint density at radius 3 is 2.44 bits per heavy atom. The molecule has 0 atom stereocenters. The van der Waals surface area contributed by atoms with Crippen LogP contribution in [-0.2, 0) is 0 Å². The number of hydrogen-bond donors (Lipinski definition) is 1. The highest BCUT2D eigenvalue weighted by Gasteiger charge is 2.16. The molecule has 0 bridgehead atoms. The van der Waals surface area contributed by atoms with E-state index in [0.29, 0.717) is 11.4 Å². The fourth-order valence-electron chi connectivity index (χ4n) is 4.15. The lowest BCUT2D eigenvalue weighted by Gasteiger charge is -2.33. The van der Waals surface area contributed by atoms with Crippen LogP contribution < -0.4 is 10.2 Å². The Balaban J connectivity index is 1.33. The molecule has 2 aromatic carbocycles. The first-order valence-electron chi connectivity index (χ1n) is 10.8. The van der Waals surface area contributed by atoms with Crippen molar-refractivity contribution < 1.29 is 4.79 Å². The number of pyridine rings is 1. The number of nitrogens with zero attached hydrogens (tertiary/aromatic N) is 5. The first-order valence-corrected chi connectivity index (χ1v) is 10.8. The molecule has 4 aromatic rings. The molecule has 1 amide bonds. The minimum atomic E-state index is -0.196. The van der Waals surface area contributed by atoms with Crippen LogP contribution in [0.4, 0.5) is 11.5 Å². The van der Waals surface area contributed by atoms with Gasteiger partial charge in [0.1, 0.15) is 11.6 Å². The number of aromatic nitrogens is 3. The van der Waals surface area contributed by atoms with E-state index in [2.05, 4.69) is 36.7 Å². The van der Waals surface area contributed by atoms with Gasteiger partial charge < -0.3 is 15.1 Å².